The van der Waals surface area contributed by atoms with Crippen molar-refractivity contribution in [2.75, 3.05) is 19.5 Å². The quantitative estimate of drug-likeness (QED) is 0.570. The van der Waals surface area contributed by atoms with Crippen LogP contribution in [0.15, 0.2) is 9.62 Å². The Balaban J connectivity index is 2.98. The first-order chi connectivity index (χ1) is 7.24. The molecule has 1 heterocycles. The van der Waals surface area contributed by atoms with E-state index in [4.69, 9.17) is 14.0 Å². The Kier molecular flexibility index (Phi) is 4.48. The SMILES string of the molecule is CCOC(=O)c1c(OCC)noc1SC. The van der Waals surface area contributed by atoms with Gasteiger partial charge in [0.1, 0.15) is 0 Å². The maximum Gasteiger partial charge on any atom is 0.348 e. The van der Waals surface area contributed by atoms with Gasteiger partial charge in [0, 0.05) is 0 Å². The van der Waals surface area contributed by atoms with Crippen molar-refractivity contribution in [1.82, 2.24) is 5.16 Å². The molecule has 5 nitrogen and oxygen atoms in total. The molecule has 1 aromatic rings. The zero-order chi connectivity index (χ0) is 11.3. The Morgan fingerprint density at radius 2 is 2.20 bits per heavy atom. The van der Waals surface area contributed by atoms with Gasteiger partial charge in [0.25, 0.3) is 5.88 Å². The second kappa shape index (κ2) is 5.65. The standard InChI is InChI=1S/C9H13NO4S/c1-4-12-7-6(8(11)13-5-2)9(15-3)14-10-7/h4-5H2,1-3H3. The number of carbonyl (C=O) groups is 1. The molecule has 0 spiro atoms. The highest BCUT2D eigenvalue weighted by Crippen LogP contribution is 2.29. The van der Waals surface area contributed by atoms with Gasteiger partial charge in [0.2, 0.25) is 5.09 Å². The third kappa shape index (κ3) is 2.65. The van der Waals surface area contributed by atoms with Gasteiger partial charge < -0.3 is 14.0 Å². The summed E-state index contributed by atoms with van der Waals surface area (Å²) in [5.74, 6) is -0.271. The number of hydrogen-bond donors (Lipinski definition) is 0. The van der Waals surface area contributed by atoms with Gasteiger partial charge in [-0.2, -0.15) is 0 Å². The van der Waals surface area contributed by atoms with Crippen molar-refractivity contribution in [1.29, 1.82) is 0 Å². The average molecular weight is 231 g/mol. The van der Waals surface area contributed by atoms with Crippen LogP contribution in [0.25, 0.3) is 0 Å². The van der Waals surface area contributed by atoms with E-state index in [2.05, 4.69) is 5.16 Å². The maximum absolute atomic E-state index is 11.6. The van der Waals surface area contributed by atoms with E-state index in [0.29, 0.717) is 18.3 Å². The first kappa shape index (κ1) is 11.9. The molecule has 0 aromatic carbocycles. The van der Waals surface area contributed by atoms with Gasteiger partial charge >= 0.3 is 5.97 Å². The summed E-state index contributed by atoms with van der Waals surface area (Å²) in [6, 6.07) is 0. The second-order valence-corrected chi connectivity index (χ2v) is 3.29. The molecule has 0 aliphatic rings. The average Bonchev–Trinajstić information content (AvgIpc) is 2.62. The van der Waals surface area contributed by atoms with Crippen LogP contribution in [0.2, 0.25) is 0 Å². The number of nitrogens with zero attached hydrogens (tertiary/aromatic N) is 1. The van der Waals surface area contributed by atoms with Crippen molar-refractivity contribution in [3.05, 3.63) is 5.56 Å². The largest absolute Gasteiger partial charge is 0.475 e. The van der Waals surface area contributed by atoms with Gasteiger partial charge in [0.15, 0.2) is 5.56 Å². The van der Waals surface area contributed by atoms with Gasteiger partial charge in [0.05, 0.1) is 13.2 Å². The molecule has 0 fully saturated rings. The highest BCUT2D eigenvalue weighted by atomic mass is 32.2. The Hall–Kier alpha value is -1.17. The molecule has 0 N–H and O–H groups in total. The van der Waals surface area contributed by atoms with Crippen LogP contribution in [-0.2, 0) is 4.74 Å². The Morgan fingerprint density at radius 1 is 1.47 bits per heavy atom. The minimum absolute atomic E-state index is 0.195. The highest BCUT2D eigenvalue weighted by Gasteiger charge is 2.24. The smallest absolute Gasteiger partial charge is 0.348 e. The molecule has 1 rings (SSSR count). The molecule has 15 heavy (non-hydrogen) atoms. The van der Waals surface area contributed by atoms with Gasteiger partial charge in [-0.1, -0.05) is 11.8 Å². The summed E-state index contributed by atoms with van der Waals surface area (Å²) in [7, 11) is 0. The molecular weight excluding hydrogens is 218 g/mol. The lowest BCUT2D eigenvalue weighted by Gasteiger charge is -2.02. The molecular formula is C9H13NO4S. The maximum atomic E-state index is 11.6. The van der Waals surface area contributed by atoms with Gasteiger partial charge in [-0.05, 0) is 25.3 Å². The zero-order valence-electron chi connectivity index (χ0n) is 8.90. The monoisotopic (exact) mass is 231 g/mol. The third-order valence-electron chi connectivity index (χ3n) is 1.58. The molecule has 0 amide bonds. The van der Waals surface area contributed by atoms with Crippen LogP contribution >= 0.6 is 11.8 Å². The summed E-state index contributed by atoms with van der Waals surface area (Å²) in [6.07, 6.45) is 1.79. The number of ether oxygens (including phenoxy) is 2. The molecule has 0 atom stereocenters. The predicted molar refractivity (Wildman–Crippen MR) is 55.4 cm³/mol. The number of rotatable bonds is 5. The first-order valence-electron chi connectivity index (χ1n) is 4.58. The first-order valence-corrected chi connectivity index (χ1v) is 5.80. The molecule has 0 unspecified atom stereocenters. The van der Waals surface area contributed by atoms with Crippen LogP contribution in [0.3, 0.4) is 0 Å². The van der Waals surface area contributed by atoms with Crippen molar-refractivity contribution >= 4 is 17.7 Å². The van der Waals surface area contributed by atoms with E-state index in [9.17, 15) is 4.79 Å². The number of thioether (sulfide) groups is 1. The lowest BCUT2D eigenvalue weighted by molar-refractivity contribution is 0.0515. The fourth-order valence-electron chi connectivity index (χ4n) is 1.01. The van der Waals surface area contributed by atoms with E-state index < -0.39 is 5.97 Å². The second-order valence-electron chi connectivity index (χ2n) is 2.51. The van der Waals surface area contributed by atoms with Crippen molar-refractivity contribution in [3.8, 4) is 5.88 Å². The predicted octanol–water partition coefficient (Wildman–Crippen LogP) is 1.97. The number of carbonyl (C=O) groups excluding carboxylic acids is 1. The van der Waals surface area contributed by atoms with Crippen molar-refractivity contribution in [3.63, 3.8) is 0 Å². The van der Waals surface area contributed by atoms with Crippen LogP contribution in [-0.4, -0.2) is 30.6 Å². The number of aromatic nitrogens is 1. The van der Waals surface area contributed by atoms with Crippen LogP contribution in [0.1, 0.15) is 24.2 Å². The summed E-state index contributed by atoms with van der Waals surface area (Å²) in [6.45, 7) is 4.28. The topological polar surface area (TPSA) is 61.6 Å². The zero-order valence-corrected chi connectivity index (χ0v) is 9.72. The van der Waals surface area contributed by atoms with E-state index in [1.165, 1.54) is 11.8 Å². The summed E-state index contributed by atoms with van der Waals surface area (Å²) in [5.41, 5.74) is 0.270. The van der Waals surface area contributed by atoms with Crippen LogP contribution in [0.5, 0.6) is 5.88 Å². The summed E-state index contributed by atoms with van der Waals surface area (Å²) in [4.78, 5) is 11.6. The van der Waals surface area contributed by atoms with Gasteiger partial charge in [-0.3, -0.25) is 0 Å². The van der Waals surface area contributed by atoms with Crippen LogP contribution in [0.4, 0.5) is 0 Å². The van der Waals surface area contributed by atoms with E-state index in [0.717, 1.165) is 0 Å². The van der Waals surface area contributed by atoms with Crippen molar-refractivity contribution in [2.45, 2.75) is 18.9 Å². The molecule has 0 bridgehead atoms. The fraction of sp³-hybridized carbons (Fsp3) is 0.556. The molecule has 0 saturated carbocycles. The van der Waals surface area contributed by atoms with Crippen molar-refractivity contribution < 1.29 is 18.8 Å². The summed E-state index contributed by atoms with van der Waals surface area (Å²) >= 11 is 1.29. The molecule has 84 valence electrons. The lowest BCUT2D eigenvalue weighted by atomic mass is 10.3. The Labute approximate surface area is 92.1 Å². The van der Waals surface area contributed by atoms with Crippen LogP contribution < -0.4 is 4.74 Å². The molecule has 1 aromatic heterocycles. The van der Waals surface area contributed by atoms with Crippen LogP contribution in [0, 0.1) is 0 Å². The molecule has 0 aliphatic heterocycles. The fourth-order valence-corrected chi connectivity index (χ4v) is 1.50. The van der Waals surface area contributed by atoms with Crippen molar-refractivity contribution in [2.24, 2.45) is 0 Å². The van der Waals surface area contributed by atoms with Gasteiger partial charge in [-0.25, -0.2) is 4.79 Å². The molecule has 0 radical (unpaired) electrons. The number of hydrogen-bond acceptors (Lipinski definition) is 6. The van der Waals surface area contributed by atoms with E-state index in [1.807, 2.05) is 6.92 Å². The summed E-state index contributed by atoms with van der Waals surface area (Å²) < 4.78 is 15.0. The Morgan fingerprint density at radius 3 is 2.73 bits per heavy atom. The highest BCUT2D eigenvalue weighted by molar-refractivity contribution is 7.98. The van der Waals surface area contributed by atoms with E-state index in [1.54, 1.807) is 13.2 Å². The summed E-state index contributed by atoms with van der Waals surface area (Å²) in [5, 5.41) is 4.07. The molecule has 0 saturated heterocycles. The van der Waals surface area contributed by atoms with Gasteiger partial charge in [-0.15, -0.1) is 0 Å². The minimum Gasteiger partial charge on any atom is -0.475 e. The Bertz CT molecular complexity index is 337. The van der Waals surface area contributed by atoms with E-state index in [-0.39, 0.29) is 11.4 Å². The minimum atomic E-state index is -0.466. The molecule has 6 heteroatoms. The normalized spacial score (nSPS) is 10.1. The van der Waals surface area contributed by atoms with E-state index >= 15 is 0 Å². The third-order valence-corrected chi connectivity index (χ3v) is 2.22. The molecule has 0 aliphatic carbocycles. The lowest BCUT2D eigenvalue weighted by Crippen LogP contribution is -2.07. The number of esters is 1.